The van der Waals surface area contributed by atoms with Crippen LogP contribution in [0, 0.1) is 5.82 Å². The summed E-state index contributed by atoms with van der Waals surface area (Å²) in [6, 6.07) is 4.01. The average molecular weight is 358 g/mol. The Morgan fingerprint density at radius 2 is 2.31 bits per heavy atom. The number of carboxylic acid groups (broad SMARTS) is 1. The Kier molecular flexibility index (Phi) is 5.27. The van der Waals surface area contributed by atoms with Gasteiger partial charge in [0.15, 0.2) is 0 Å². The molecule has 3 nitrogen and oxygen atoms in total. The smallest absolute Gasteiger partial charge is 0.405 e. The molecule has 1 rings (SSSR count). The zero-order valence-electron chi connectivity index (χ0n) is 8.21. The zero-order valence-corrected chi connectivity index (χ0v) is 11.1. The van der Waals surface area contributed by atoms with Crippen LogP contribution < -0.4 is 5.32 Å². The van der Waals surface area contributed by atoms with Gasteiger partial charge < -0.3 is 10.4 Å². The first kappa shape index (κ1) is 13.5. The number of hydrogen-bond acceptors (Lipinski definition) is 1. The van der Waals surface area contributed by atoms with E-state index in [-0.39, 0.29) is 10.6 Å². The van der Waals surface area contributed by atoms with Crippen LogP contribution in [0.2, 0.25) is 5.02 Å². The lowest BCUT2D eigenvalue weighted by Gasteiger charge is -2.17. The van der Waals surface area contributed by atoms with Crippen molar-refractivity contribution in [2.75, 3.05) is 4.43 Å². The van der Waals surface area contributed by atoms with Gasteiger partial charge in [-0.05, 0) is 12.5 Å². The Morgan fingerprint density at radius 3 is 2.88 bits per heavy atom. The largest absolute Gasteiger partial charge is 0.465 e. The number of hydrogen-bond donors (Lipinski definition) is 2. The second-order valence-electron chi connectivity index (χ2n) is 3.12. The predicted molar refractivity (Wildman–Crippen MR) is 68.8 cm³/mol. The Labute approximate surface area is 111 Å². The molecule has 0 radical (unpaired) electrons. The van der Waals surface area contributed by atoms with E-state index in [0.29, 0.717) is 10.8 Å². The van der Waals surface area contributed by atoms with E-state index in [1.165, 1.54) is 12.1 Å². The van der Waals surface area contributed by atoms with Crippen LogP contribution in [0.4, 0.5) is 9.18 Å². The minimum Gasteiger partial charge on any atom is -0.465 e. The van der Waals surface area contributed by atoms with Crippen molar-refractivity contribution in [3.8, 4) is 0 Å². The van der Waals surface area contributed by atoms with Gasteiger partial charge >= 0.3 is 6.09 Å². The first-order valence-corrected chi connectivity index (χ1v) is 6.46. The van der Waals surface area contributed by atoms with Crippen molar-refractivity contribution < 1.29 is 14.3 Å². The molecule has 0 aliphatic carbocycles. The lowest BCUT2D eigenvalue weighted by atomic mass is 10.0. The van der Waals surface area contributed by atoms with Crippen molar-refractivity contribution >= 4 is 40.3 Å². The van der Waals surface area contributed by atoms with E-state index < -0.39 is 18.0 Å². The molecule has 1 unspecified atom stereocenters. The van der Waals surface area contributed by atoms with Gasteiger partial charge in [-0.2, -0.15) is 0 Å². The predicted octanol–water partition coefficient (Wildman–Crippen LogP) is 3.61. The first-order valence-electron chi connectivity index (χ1n) is 4.55. The fraction of sp³-hybridized carbons (Fsp3) is 0.300. The van der Waals surface area contributed by atoms with E-state index in [9.17, 15) is 9.18 Å². The van der Waals surface area contributed by atoms with Gasteiger partial charge in [0, 0.05) is 9.99 Å². The third-order valence-electron chi connectivity index (χ3n) is 2.05. The second-order valence-corrected chi connectivity index (χ2v) is 4.61. The molecule has 1 aromatic rings. The van der Waals surface area contributed by atoms with Crippen LogP contribution in [0.1, 0.15) is 18.0 Å². The standard InChI is InChI=1S/C10H10ClFINO2/c11-7-3-1-2-6(9(7)12)8(4-5-13)14-10(15)16/h1-3,8,14H,4-5H2,(H,15,16). The summed E-state index contributed by atoms with van der Waals surface area (Å²) < 4.78 is 14.4. The molecule has 0 aromatic heterocycles. The van der Waals surface area contributed by atoms with Crippen LogP contribution in [-0.4, -0.2) is 15.6 Å². The van der Waals surface area contributed by atoms with E-state index in [0.717, 1.165) is 0 Å². The fourth-order valence-electron chi connectivity index (χ4n) is 1.35. The van der Waals surface area contributed by atoms with Crippen LogP contribution in [0.25, 0.3) is 0 Å². The molecule has 0 aliphatic heterocycles. The quantitative estimate of drug-likeness (QED) is 0.639. The second kappa shape index (κ2) is 6.24. The molecule has 0 saturated heterocycles. The maximum Gasteiger partial charge on any atom is 0.405 e. The van der Waals surface area contributed by atoms with Crippen molar-refractivity contribution in [2.24, 2.45) is 0 Å². The van der Waals surface area contributed by atoms with Gasteiger partial charge in [0.1, 0.15) is 5.82 Å². The Morgan fingerprint density at radius 1 is 1.62 bits per heavy atom. The minimum absolute atomic E-state index is 0.00291. The monoisotopic (exact) mass is 357 g/mol. The molecule has 0 aliphatic rings. The molecule has 2 N–H and O–H groups in total. The maximum atomic E-state index is 13.7. The summed E-state index contributed by atoms with van der Waals surface area (Å²) in [5.74, 6) is -0.562. The lowest BCUT2D eigenvalue weighted by Crippen LogP contribution is -2.27. The SMILES string of the molecule is O=C(O)NC(CCI)c1cccc(Cl)c1F. The summed E-state index contributed by atoms with van der Waals surface area (Å²) in [6.07, 6.45) is -0.654. The lowest BCUT2D eigenvalue weighted by molar-refractivity contribution is 0.189. The van der Waals surface area contributed by atoms with Crippen LogP contribution in [-0.2, 0) is 0 Å². The molecular weight excluding hydrogens is 347 g/mol. The van der Waals surface area contributed by atoms with Crippen LogP contribution in [0.3, 0.4) is 0 Å². The van der Waals surface area contributed by atoms with Gasteiger partial charge in [-0.15, -0.1) is 0 Å². The van der Waals surface area contributed by atoms with Crippen LogP contribution in [0.15, 0.2) is 18.2 Å². The molecule has 6 heteroatoms. The van der Waals surface area contributed by atoms with Crippen molar-refractivity contribution in [2.45, 2.75) is 12.5 Å². The number of benzene rings is 1. The molecule has 0 bridgehead atoms. The number of halogens is 3. The van der Waals surface area contributed by atoms with Crippen LogP contribution in [0.5, 0.6) is 0 Å². The molecule has 0 spiro atoms. The molecule has 0 fully saturated rings. The van der Waals surface area contributed by atoms with Gasteiger partial charge in [-0.25, -0.2) is 9.18 Å². The highest BCUT2D eigenvalue weighted by molar-refractivity contribution is 14.1. The molecule has 16 heavy (non-hydrogen) atoms. The number of rotatable bonds is 4. The van der Waals surface area contributed by atoms with Crippen molar-refractivity contribution in [3.63, 3.8) is 0 Å². The van der Waals surface area contributed by atoms with Gasteiger partial charge in [-0.1, -0.05) is 46.3 Å². The van der Waals surface area contributed by atoms with Gasteiger partial charge in [-0.3, -0.25) is 0 Å². The average Bonchev–Trinajstić information content (AvgIpc) is 2.21. The summed E-state index contributed by atoms with van der Waals surface area (Å²) in [7, 11) is 0. The topological polar surface area (TPSA) is 49.3 Å². The van der Waals surface area contributed by atoms with E-state index in [1.807, 2.05) is 0 Å². The van der Waals surface area contributed by atoms with E-state index in [4.69, 9.17) is 16.7 Å². The normalized spacial score (nSPS) is 12.2. The number of nitrogens with one attached hydrogen (secondary N) is 1. The van der Waals surface area contributed by atoms with Crippen molar-refractivity contribution in [1.29, 1.82) is 0 Å². The fourth-order valence-corrected chi connectivity index (χ4v) is 2.16. The highest BCUT2D eigenvalue weighted by Gasteiger charge is 2.18. The molecule has 0 saturated carbocycles. The zero-order chi connectivity index (χ0) is 12.1. The summed E-state index contributed by atoms with van der Waals surface area (Å²) in [4.78, 5) is 10.6. The molecule has 88 valence electrons. The summed E-state index contributed by atoms with van der Waals surface area (Å²) in [5.41, 5.74) is 0.284. The molecule has 1 amide bonds. The third-order valence-corrected chi connectivity index (χ3v) is 2.97. The van der Waals surface area contributed by atoms with Gasteiger partial charge in [0.2, 0.25) is 0 Å². The van der Waals surface area contributed by atoms with Crippen LogP contribution >= 0.6 is 34.2 Å². The van der Waals surface area contributed by atoms with E-state index in [1.54, 1.807) is 6.07 Å². The highest BCUT2D eigenvalue weighted by Crippen LogP contribution is 2.25. The molecule has 1 atom stereocenters. The van der Waals surface area contributed by atoms with E-state index in [2.05, 4.69) is 27.9 Å². The Balaban J connectivity index is 3.00. The van der Waals surface area contributed by atoms with E-state index >= 15 is 0 Å². The minimum atomic E-state index is -1.17. The summed E-state index contributed by atoms with van der Waals surface area (Å²) in [6.45, 7) is 0. The molecular formula is C10H10ClFINO2. The van der Waals surface area contributed by atoms with Crippen molar-refractivity contribution in [3.05, 3.63) is 34.6 Å². The van der Waals surface area contributed by atoms with Crippen molar-refractivity contribution in [1.82, 2.24) is 5.32 Å². The Bertz CT molecular complexity index is 389. The van der Waals surface area contributed by atoms with Gasteiger partial charge in [0.05, 0.1) is 11.1 Å². The third kappa shape index (κ3) is 3.48. The first-order chi connectivity index (χ1) is 7.56. The number of alkyl halides is 1. The molecule has 0 heterocycles. The Hall–Kier alpha value is -0.560. The van der Waals surface area contributed by atoms with Gasteiger partial charge in [0.25, 0.3) is 0 Å². The maximum absolute atomic E-state index is 13.7. The molecule has 1 aromatic carbocycles. The highest BCUT2D eigenvalue weighted by atomic mass is 127. The summed E-state index contributed by atoms with van der Waals surface area (Å²) >= 11 is 7.75. The number of carbonyl (C=O) groups is 1. The number of amides is 1. The summed E-state index contributed by atoms with van der Waals surface area (Å²) in [5, 5.41) is 10.9.